The zero-order valence-electron chi connectivity index (χ0n) is 18.3. The molecule has 0 radical (unpaired) electrons. The largest absolute Gasteiger partial charge is 0.513 e. The average Bonchev–Trinajstić information content (AvgIpc) is 3.20. The summed E-state index contributed by atoms with van der Waals surface area (Å²) in [6.07, 6.45) is 8.59. The van der Waals surface area contributed by atoms with Crippen molar-refractivity contribution in [3.8, 4) is 5.75 Å². The molecule has 2 aromatic carbocycles. The third-order valence-electron chi connectivity index (χ3n) is 6.25. The molecule has 1 N–H and O–H groups in total. The molecule has 0 bridgehead atoms. The lowest BCUT2D eigenvalue weighted by Gasteiger charge is -2.32. The molecule has 0 aliphatic carbocycles. The van der Waals surface area contributed by atoms with Gasteiger partial charge in [-0.05, 0) is 86.9 Å². The summed E-state index contributed by atoms with van der Waals surface area (Å²) < 4.78 is 9.75. The zero-order chi connectivity index (χ0) is 21.5. The van der Waals surface area contributed by atoms with Crippen molar-refractivity contribution in [2.45, 2.75) is 38.5 Å². The maximum atomic E-state index is 11.4. The van der Waals surface area contributed by atoms with E-state index in [1.165, 1.54) is 63.6 Å². The molecule has 1 aromatic heterocycles. The number of carbonyl (C=O) groups excluding carboxylic acids is 1. The Balaban J connectivity index is 1.25. The number of aromatic amines is 1. The molecule has 1 atom stereocenters. The number of benzene rings is 2. The van der Waals surface area contributed by atoms with Crippen LogP contribution in [0, 0.1) is 5.92 Å². The Morgan fingerprint density at radius 2 is 2.03 bits per heavy atom. The van der Waals surface area contributed by atoms with E-state index in [1.54, 1.807) is 6.07 Å². The van der Waals surface area contributed by atoms with E-state index in [4.69, 9.17) is 4.74 Å². The van der Waals surface area contributed by atoms with Crippen LogP contribution < -0.4 is 4.74 Å². The van der Waals surface area contributed by atoms with Gasteiger partial charge in [-0.3, -0.25) is 0 Å². The summed E-state index contributed by atoms with van der Waals surface area (Å²) in [6, 6.07) is 16.5. The number of ether oxygens (including phenoxy) is 2. The van der Waals surface area contributed by atoms with Crippen molar-refractivity contribution in [1.29, 1.82) is 0 Å². The Hall–Kier alpha value is -2.79. The summed E-state index contributed by atoms with van der Waals surface area (Å²) in [7, 11) is 1.31. The number of nitrogens with zero attached hydrogens (tertiary/aromatic N) is 1. The lowest BCUT2D eigenvalue weighted by molar-refractivity contribution is 0.121. The zero-order valence-corrected chi connectivity index (χ0v) is 18.3. The van der Waals surface area contributed by atoms with Crippen molar-refractivity contribution in [2.75, 3.05) is 26.7 Å². The summed E-state index contributed by atoms with van der Waals surface area (Å²) in [5, 5.41) is 1.11. The maximum Gasteiger partial charge on any atom is 0.513 e. The molecule has 4 rings (SSSR count). The number of aromatic nitrogens is 1. The van der Waals surface area contributed by atoms with Crippen LogP contribution in [0.1, 0.15) is 36.8 Å². The quantitative estimate of drug-likeness (QED) is 0.293. The number of hydrogen-bond donors (Lipinski definition) is 1. The van der Waals surface area contributed by atoms with Crippen LogP contribution in [0.15, 0.2) is 54.7 Å². The first kappa shape index (κ1) is 21.4. The minimum atomic E-state index is -0.691. The summed E-state index contributed by atoms with van der Waals surface area (Å²) in [5.74, 6) is 1.29. The van der Waals surface area contributed by atoms with Gasteiger partial charge in [0.05, 0.1) is 7.11 Å². The summed E-state index contributed by atoms with van der Waals surface area (Å²) in [5.41, 5.74) is 3.79. The highest BCUT2D eigenvalue weighted by atomic mass is 16.7. The number of aryl methyl sites for hydroxylation is 1. The van der Waals surface area contributed by atoms with Crippen LogP contribution in [0.4, 0.5) is 4.79 Å². The van der Waals surface area contributed by atoms with Gasteiger partial charge in [-0.1, -0.05) is 30.3 Å². The van der Waals surface area contributed by atoms with Crippen LogP contribution >= 0.6 is 0 Å². The number of rotatable bonds is 8. The lowest BCUT2D eigenvalue weighted by Crippen LogP contribution is -2.36. The third kappa shape index (κ3) is 5.88. The molecule has 5 nitrogen and oxygen atoms in total. The summed E-state index contributed by atoms with van der Waals surface area (Å²) in [4.78, 5) is 17.3. The molecule has 1 aliphatic rings. The van der Waals surface area contributed by atoms with Gasteiger partial charge in [0.25, 0.3) is 0 Å². The molecule has 2 heterocycles. The van der Waals surface area contributed by atoms with Crippen molar-refractivity contribution in [3.63, 3.8) is 0 Å². The maximum absolute atomic E-state index is 11.4. The van der Waals surface area contributed by atoms with E-state index in [0.717, 1.165) is 29.7 Å². The predicted molar refractivity (Wildman–Crippen MR) is 124 cm³/mol. The molecule has 0 amide bonds. The number of piperidine rings is 1. The van der Waals surface area contributed by atoms with Gasteiger partial charge in [-0.2, -0.15) is 0 Å². The van der Waals surface area contributed by atoms with E-state index in [-0.39, 0.29) is 0 Å². The Labute approximate surface area is 184 Å². The molecule has 31 heavy (non-hydrogen) atoms. The molecule has 1 aliphatic heterocycles. The molecule has 0 saturated carbocycles. The normalized spacial score (nSPS) is 17.0. The minimum Gasteiger partial charge on any atom is -0.437 e. The monoisotopic (exact) mass is 420 g/mol. The first-order valence-electron chi connectivity index (χ1n) is 11.3. The fraction of sp³-hybridized carbons (Fsp3) is 0.423. The molecular weight excluding hydrogens is 388 g/mol. The van der Waals surface area contributed by atoms with Crippen LogP contribution in [0.5, 0.6) is 5.75 Å². The topological polar surface area (TPSA) is 54.6 Å². The van der Waals surface area contributed by atoms with E-state index in [0.29, 0.717) is 5.75 Å². The van der Waals surface area contributed by atoms with Crippen LogP contribution in [-0.2, 0) is 17.6 Å². The second-order valence-corrected chi connectivity index (χ2v) is 8.53. The van der Waals surface area contributed by atoms with E-state index >= 15 is 0 Å². The number of unbranched alkanes of at least 4 members (excludes halogenated alkanes) is 1. The fourth-order valence-electron chi connectivity index (χ4n) is 4.69. The number of likely N-dealkylation sites (tertiary alicyclic amines) is 1. The van der Waals surface area contributed by atoms with Crippen molar-refractivity contribution < 1.29 is 14.3 Å². The molecule has 1 fully saturated rings. The second kappa shape index (κ2) is 10.5. The van der Waals surface area contributed by atoms with Gasteiger partial charge in [0.1, 0.15) is 5.75 Å². The predicted octanol–water partition coefficient (Wildman–Crippen LogP) is 5.59. The number of methoxy groups -OCH3 is 1. The Morgan fingerprint density at radius 3 is 2.87 bits per heavy atom. The minimum absolute atomic E-state index is 0.512. The second-order valence-electron chi connectivity index (χ2n) is 8.53. The van der Waals surface area contributed by atoms with E-state index in [9.17, 15) is 4.79 Å². The highest BCUT2D eigenvalue weighted by Gasteiger charge is 2.19. The third-order valence-corrected chi connectivity index (χ3v) is 6.25. The van der Waals surface area contributed by atoms with Gasteiger partial charge >= 0.3 is 6.16 Å². The van der Waals surface area contributed by atoms with E-state index in [1.807, 2.05) is 12.1 Å². The standard InChI is InChI=1S/C26H32N2O3/c1-30-26(29)31-23-12-13-25-24(17-23)22(18-27-25)11-5-6-14-28-15-7-10-21(19-28)16-20-8-3-2-4-9-20/h2-4,8-9,12-13,17-18,21,27H,5-7,10-11,14-16,19H2,1H3. The van der Waals surface area contributed by atoms with Gasteiger partial charge in [-0.15, -0.1) is 0 Å². The molecule has 164 valence electrons. The summed E-state index contributed by atoms with van der Waals surface area (Å²) in [6.45, 7) is 3.62. The van der Waals surface area contributed by atoms with E-state index in [2.05, 4.69) is 51.1 Å². The molecule has 5 heteroatoms. The van der Waals surface area contributed by atoms with Gasteiger partial charge in [-0.25, -0.2) is 4.79 Å². The Kier molecular flexibility index (Phi) is 7.26. The van der Waals surface area contributed by atoms with Crippen molar-refractivity contribution in [2.24, 2.45) is 5.92 Å². The summed E-state index contributed by atoms with van der Waals surface area (Å²) >= 11 is 0. The van der Waals surface area contributed by atoms with Crippen molar-refractivity contribution >= 4 is 17.1 Å². The number of hydrogen-bond acceptors (Lipinski definition) is 4. The van der Waals surface area contributed by atoms with Crippen LogP contribution in [-0.4, -0.2) is 42.8 Å². The number of H-pyrrole nitrogens is 1. The number of carbonyl (C=O) groups is 1. The number of fused-ring (bicyclic) bond motifs is 1. The van der Waals surface area contributed by atoms with Crippen molar-refractivity contribution in [3.05, 3.63) is 65.9 Å². The molecule has 1 saturated heterocycles. The number of nitrogens with one attached hydrogen (secondary N) is 1. The molecule has 1 unspecified atom stereocenters. The average molecular weight is 421 g/mol. The molecule has 0 spiro atoms. The SMILES string of the molecule is COC(=O)Oc1ccc2[nH]cc(CCCCN3CCCC(Cc4ccccc4)C3)c2c1. The first-order chi connectivity index (χ1) is 15.2. The van der Waals surface area contributed by atoms with E-state index < -0.39 is 6.16 Å². The highest BCUT2D eigenvalue weighted by molar-refractivity contribution is 5.85. The van der Waals surface area contributed by atoms with Gasteiger partial charge in [0.2, 0.25) is 0 Å². The first-order valence-corrected chi connectivity index (χ1v) is 11.3. The van der Waals surface area contributed by atoms with Gasteiger partial charge in [0.15, 0.2) is 0 Å². The van der Waals surface area contributed by atoms with Crippen LogP contribution in [0.25, 0.3) is 10.9 Å². The van der Waals surface area contributed by atoms with Gasteiger partial charge in [0, 0.05) is 23.6 Å². The Bertz CT molecular complexity index is 983. The van der Waals surface area contributed by atoms with Crippen LogP contribution in [0.2, 0.25) is 0 Å². The smallest absolute Gasteiger partial charge is 0.437 e. The molecular formula is C26H32N2O3. The highest BCUT2D eigenvalue weighted by Crippen LogP contribution is 2.26. The molecule has 3 aromatic rings. The Morgan fingerprint density at radius 1 is 1.16 bits per heavy atom. The fourth-order valence-corrected chi connectivity index (χ4v) is 4.69. The lowest BCUT2D eigenvalue weighted by atomic mass is 9.91. The van der Waals surface area contributed by atoms with Crippen molar-refractivity contribution in [1.82, 2.24) is 9.88 Å². The van der Waals surface area contributed by atoms with Crippen LogP contribution in [0.3, 0.4) is 0 Å². The van der Waals surface area contributed by atoms with Gasteiger partial charge < -0.3 is 19.4 Å².